The van der Waals surface area contributed by atoms with E-state index >= 15 is 4.39 Å². The molecular formula is C22H24FN3O3. The van der Waals surface area contributed by atoms with Crippen molar-refractivity contribution in [3.05, 3.63) is 52.1 Å². The Morgan fingerprint density at radius 3 is 2.76 bits per heavy atom. The number of anilines is 1. The monoisotopic (exact) mass is 397 g/mol. The van der Waals surface area contributed by atoms with E-state index in [0.29, 0.717) is 35.5 Å². The van der Waals surface area contributed by atoms with E-state index in [1.165, 1.54) is 12.3 Å². The Labute approximate surface area is 167 Å². The lowest BCUT2D eigenvalue weighted by molar-refractivity contribution is 0.0695. The van der Waals surface area contributed by atoms with Gasteiger partial charge in [-0.1, -0.05) is 12.2 Å². The molecule has 152 valence electrons. The first-order valence-corrected chi connectivity index (χ1v) is 10.2. The van der Waals surface area contributed by atoms with Gasteiger partial charge in [-0.25, -0.2) is 9.18 Å². The van der Waals surface area contributed by atoms with Crippen molar-refractivity contribution in [2.24, 2.45) is 23.5 Å². The van der Waals surface area contributed by atoms with Gasteiger partial charge in [-0.05, 0) is 55.7 Å². The molecule has 0 spiro atoms. The highest BCUT2D eigenvalue weighted by Gasteiger charge is 2.38. The van der Waals surface area contributed by atoms with Crippen LogP contribution in [0.15, 0.2) is 35.3 Å². The molecule has 0 radical (unpaired) electrons. The highest BCUT2D eigenvalue weighted by atomic mass is 19.1. The van der Waals surface area contributed by atoms with Gasteiger partial charge in [0.15, 0.2) is 0 Å². The summed E-state index contributed by atoms with van der Waals surface area (Å²) >= 11 is 0. The van der Waals surface area contributed by atoms with Crippen LogP contribution in [-0.2, 0) is 0 Å². The molecule has 2 aliphatic carbocycles. The third kappa shape index (κ3) is 2.95. The number of aromatic nitrogens is 1. The van der Waals surface area contributed by atoms with Crippen LogP contribution in [0.1, 0.15) is 35.7 Å². The number of carbonyl (C=O) groups is 1. The number of aromatic carboxylic acids is 1. The third-order valence-electron chi connectivity index (χ3n) is 6.75. The number of carboxylic acid groups (broad SMARTS) is 1. The normalized spacial score (nSPS) is 26.1. The lowest BCUT2D eigenvalue weighted by Crippen LogP contribution is -2.30. The fraction of sp³-hybridized carbons (Fsp3) is 0.455. The number of allylic oxidation sites excluding steroid dienone is 1. The summed E-state index contributed by atoms with van der Waals surface area (Å²) in [4.78, 5) is 26.2. The topological polar surface area (TPSA) is 88.6 Å². The lowest BCUT2D eigenvalue weighted by atomic mass is 9.78. The van der Waals surface area contributed by atoms with Gasteiger partial charge >= 0.3 is 5.97 Å². The van der Waals surface area contributed by atoms with Crippen LogP contribution in [0.25, 0.3) is 10.9 Å². The molecule has 6 nitrogen and oxygen atoms in total. The first-order valence-electron chi connectivity index (χ1n) is 10.2. The molecule has 1 aliphatic heterocycles. The van der Waals surface area contributed by atoms with Gasteiger partial charge in [0.2, 0.25) is 5.43 Å². The number of hydrogen-bond acceptors (Lipinski definition) is 4. The third-order valence-corrected chi connectivity index (χ3v) is 6.75. The molecule has 1 aromatic carbocycles. The van der Waals surface area contributed by atoms with E-state index in [-0.39, 0.29) is 17.0 Å². The fourth-order valence-electron chi connectivity index (χ4n) is 5.04. The number of nitrogens with two attached hydrogens (primary N) is 1. The van der Waals surface area contributed by atoms with Gasteiger partial charge < -0.3 is 20.3 Å². The molecular weight excluding hydrogens is 373 g/mol. The number of nitrogens with zero attached hydrogens (tertiary/aromatic N) is 2. The van der Waals surface area contributed by atoms with E-state index in [1.54, 1.807) is 6.07 Å². The summed E-state index contributed by atoms with van der Waals surface area (Å²) in [6.07, 6.45) is 8.64. The number of fused-ring (bicyclic) bond motifs is 2. The number of benzene rings is 1. The number of carboxylic acids is 1. The van der Waals surface area contributed by atoms with Gasteiger partial charge in [-0.15, -0.1) is 0 Å². The van der Waals surface area contributed by atoms with Gasteiger partial charge in [0.05, 0.1) is 11.2 Å². The Bertz CT molecular complexity index is 1090. The lowest BCUT2D eigenvalue weighted by Gasteiger charge is -2.27. The smallest absolute Gasteiger partial charge is 0.341 e. The number of hydrogen-bond donors (Lipinski definition) is 2. The molecule has 5 rings (SSSR count). The van der Waals surface area contributed by atoms with E-state index in [9.17, 15) is 14.7 Å². The van der Waals surface area contributed by atoms with Crippen LogP contribution in [0.5, 0.6) is 0 Å². The molecule has 1 saturated carbocycles. The molecule has 29 heavy (non-hydrogen) atoms. The highest BCUT2D eigenvalue weighted by molar-refractivity contribution is 5.93. The molecule has 2 aromatic rings. The van der Waals surface area contributed by atoms with E-state index in [4.69, 9.17) is 5.73 Å². The molecule has 2 fully saturated rings. The maximum Gasteiger partial charge on any atom is 0.341 e. The first kappa shape index (κ1) is 18.4. The quantitative estimate of drug-likeness (QED) is 0.775. The maximum atomic E-state index is 15.1. The van der Waals surface area contributed by atoms with E-state index in [1.807, 2.05) is 4.57 Å². The van der Waals surface area contributed by atoms with Crippen LogP contribution in [0.3, 0.4) is 0 Å². The Hall–Kier alpha value is -2.67. The van der Waals surface area contributed by atoms with Crippen LogP contribution in [0, 0.1) is 23.6 Å². The van der Waals surface area contributed by atoms with Gasteiger partial charge in [-0.2, -0.15) is 0 Å². The minimum atomic E-state index is -1.28. The Morgan fingerprint density at radius 1 is 1.28 bits per heavy atom. The minimum Gasteiger partial charge on any atom is -0.477 e. The van der Waals surface area contributed by atoms with Crippen LogP contribution in [0.2, 0.25) is 0 Å². The number of halogens is 1. The zero-order valence-electron chi connectivity index (χ0n) is 16.1. The van der Waals surface area contributed by atoms with Crippen molar-refractivity contribution in [2.45, 2.75) is 25.3 Å². The van der Waals surface area contributed by atoms with E-state index in [2.05, 4.69) is 17.1 Å². The Morgan fingerprint density at radius 2 is 2.07 bits per heavy atom. The van der Waals surface area contributed by atoms with Crippen molar-refractivity contribution in [1.29, 1.82) is 0 Å². The summed E-state index contributed by atoms with van der Waals surface area (Å²) in [5.41, 5.74) is 6.11. The molecule has 3 unspecified atom stereocenters. The fourth-order valence-corrected chi connectivity index (χ4v) is 5.04. The molecule has 1 saturated heterocycles. The molecule has 7 heteroatoms. The molecule has 0 amide bonds. The SMILES string of the molecule is NCC1CC=CC2CN(c3cc4c(cc3F)c(=O)c(C(=O)O)cn4C3CC3)CC21. The molecule has 1 aromatic heterocycles. The molecule has 3 atom stereocenters. The molecule has 0 bridgehead atoms. The average Bonchev–Trinajstić information content (AvgIpc) is 3.45. The summed E-state index contributed by atoms with van der Waals surface area (Å²) in [5, 5.41) is 9.52. The van der Waals surface area contributed by atoms with Crippen molar-refractivity contribution in [2.75, 3.05) is 24.5 Å². The van der Waals surface area contributed by atoms with Crippen molar-refractivity contribution in [3.8, 4) is 0 Å². The molecule has 3 N–H and O–H groups in total. The predicted octanol–water partition coefficient (Wildman–Crippen LogP) is 2.76. The Balaban J connectivity index is 1.61. The standard InChI is InChI=1S/C22H24FN3O3/c23-18-6-15-19(26(14-4-5-14)11-17(21(15)27)22(28)29)7-20(18)25-9-13-3-1-2-12(8-24)16(13)10-25/h1,3,6-7,11-14,16H,2,4-5,8-10,24H2,(H,28,29). The van der Waals surface area contributed by atoms with Crippen LogP contribution >= 0.6 is 0 Å². The van der Waals surface area contributed by atoms with E-state index in [0.717, 1.165) is 32.4 Å². The number of rotatable bonds is 4. The summed E-state index contributed by atoms with van der Waals surface area (Å²) in [6.45, 7) is 2.08. The second kappa shape index (κ2) is 6.69. The predicted molar refractivity (Wildman–Crippen MR) is 109 cm³/mol. The summed E-state index contributed by atoms with van der Waals surface area (Å²) in [7, 11) is 0. The van der Waals surface area contributed by atoms with Crippen LogP contribution in [0.4, 0.5) is 10.1 Å². The van der Waals surface area contributed by atoms with Crippen molar-refractivity contribution >= 4 is 22.6 Å². The zero-order valence-corrected chi connectivity index (χ0v) is 16.1. The van der Waals surface area contributed by atoms with Gasteiger partial charge in [0.25, 0.3) is 0 Å². The zero-order chi connectivity index (χ0) is 20.3. The second-order valence-electron chi connectivity index (χ2n) is 8.53. The van der Waals surface area contributed by atoms with E-state index < -0.39 is 17.2 Å². The second-order valence-corrected chi connectivity index (χ2v) is 8.53. The van der Waals surface area contributed by atoms with Gasteiger partial charge in [0.1, 0.15) is 11.4 Å². The number of pyridine rings is 1. The first-order chi connectivity index (χ1) is 14.0. The molecule has 2 heterocycles. The summed E-state index contributed by atoms with van der Waals surface area (Å²) < 4.78 is 17.0. The largest absolute Gasteiger partial charge is 0.477 e. The minimum absolute atomic E-state index is 0.134. The van der Waals surface area contributed by atoms with Gasteiger partial charge in [0, 0.05) is 30.7 Å². The van der Waals surface area contributed by atoms with Crippen LogP contribution < -0.4 is 16.1 Å². The Kier molecular flexibility index (Phi) is 4.24. The van der Waals surface area contributed by atoms with Crippen molar-refractivity contribution < 1.29 is 14.3 Å². The summed E-state index contributed by atoms with van der Waals surface area (Å²) in [5.74, 6) is -0.598. The van der Waals surface area contributed by atoms with Crippen molar-refractivity contribution in [1.82, 2.24) is 4.57 Å². The average molecular weight is 397 g/mol. The van der Waals surface area contributed by atoms with Crippen molar-refractivity contribution in [3.63, 3.8) is 0 Å². The molecule has 3 aliphatic rings. The van der Waals surface area contributed by atoms with Gasteiger partial charge in [-0.3, -0.25) is 4.79 Å². The maximum absolute atomic E-state index is 15.1. The summed E-state index contributed by atoms with van der Waals surface area (Å²) in [6, 6.07) is 3.12. The van der Waals surface area contributed by atoms with Crippen LogP contribution in [-0.4, -0.2) is 35.3 Å². The highest BCUT2D eigenvalue weighted by Crippen LogP contribution is 2.41.